The molecule has 2 atom stereocenters. The van der Waals surface area contributed by atoms with Gasteiger partial charge >= 0.3 is 0 Å². The van der Waals surface area contributed by atoms with E-state index in [1.807, 2.05) is 0 Å². The minimum atomic E-state index is 0.558. The lowest BCUT2D eigenvalue weighted by Crippen LogP contribution is -2.59. The number of nitrogens with one attached hydrogen (secondary N) is 1. The SMILES string of the molecule is CCCNC(Cc1ccsc1)C1CN(C)CCN1C. The van der Waals surface area contributed by atoms with E-state index in [1.165, 1.54) is 31.6 Å². The largest absolute Gasteiger partial charge is 0.312 e. The van der Waals surface area contributed by atoms with Crippen molar-refractivity contribution >= 4 is 11.3 Å². The maximum atomic E-state index is 3.76. The number of hydrogen-bond acceptors (Lipinski definition) is 4. The molecule has 1 aliphatic heterocycles. The molecular weight excluding hydrogens is 254 g/mol. The average Bonchev–Trinajstić information content (AvgIpc) is 2.90. The predicted octanol–water partition coefficient (Wildman–Crippen LogP) is 1.90. The quantitative estimate of drug-likeness (QED) is 0.859. The highest BCUT2D eigenvalue weighted by molar-refractivity contribution is 7.07. The molecule has 0 aromatic carbocycles. The molecule has 2 rings (SSSR count). The molecule has 3 nitrogen and oxygen atoms in total. The first-order valence-corrected chi connectivity index (χ1v) is 8.28. The number of likely N-dealkylation sites (N-methyl/N-ethyl adjacent to an activating group) is 2. The predicted molar refractivity (Wildman–Crippen MR) is 84.0 cm³/mol. The van der Waals surface area contributed by atoms with E-state index in [2.05, 4.69) is 53.0 Å². The summed E-state index contributed by atoms with van der Waals surface area (Å²) in [5, 5.41) is 8.23. The highest BCUT2D eigenvalue weighted by Gasteiger charge is 2.29. The summed E-state index contributed by atoms with van der Waals surface area (Å²) in [7, 11) is 4.51. The van der Waals surface area contributed by atoms with E-state index in [4.69, 9.17) is 0 Å². The van der Waals surface area contributed by atoms with Crippen LogP contribution < -0.4 is 5.32 Å². The van der Waals surface area contributed by atoms with Gasteiger partial charge in [0.25, 0.3) is 0 Å². The van der Waals surface area contributed by atoms with Crippen molar-refractivity contribution in [3.63, 3.8) is 0 Å². The number of piperazine rings is 1. The summed E-state index contributed by atoms with van der Waals surface area (Å²) in [5.41, 5.74) is 1.47. The van der Waals surface area contributed by atoms with E-state index >= 15 is 0 Å². The van der Waals surface area contributed by atoms with Crippen LogP contribution in [-0.4, -0.2) is 62.2 Å². The standard InChI is InChI=1S/C15H27N3S/c1-4-6-16-14(10-13-5-9-19-12-13)15-11-17(2)7-8-18(15)3/h5,9,12,14-16H,4,6-8,10-11H2,1-3H3. The van der Waals surface area contributed by atoms with Gasteiger partial charge in [-0.3, -0.25) is 4.90 Å². The molecule has 1 aliphatic rings. The van der Waals surface area contributed by atoms with Gasteiger partial charge in [0.1, 0.15) is 0 Å². The van der Waals surface area contributed by atoms with Crippen LogP contribution in [0.15, 0.2) is 16.8 Å². The average molecular weight is 281 g/mol. The molecule has 0 bridgehead atoms. The third-order valence-corrected chi connectivity index (χ3v) is 4.79. The second-order valence-corrected chi connectivity index (χ2v) is 6.49. The molecule has 2 heterocycles. The minimum Gasteiger partial charge on any atom is -0.312 e. The van der Waals surface area contributed by atoms with Crippen molar-refractivity contribution in [1.29, 1.82) is 0 Å². The Morgan fingerprint density at radius 3 is 2.95 bits per heavy atom. The molecule has 1 saturated heterocycles. The molecule has 0 aliphatic carbocycles. The molecule has 1 N–H and O–H groups in total. The molecule has 0 spiro atoms. The summed E-state index contributed by atoms with van der Waals surface area (Å²) in [6.45, 7) is 6.89. The zero-order valence-electron chi connectivity index (χ0n) is 12.4. The first-order chi connectivity index (χ1) is 9.20. The molecule has 1 fully saturated rings. The fourth-order valence-electron chi connectivity index (χ4n) is 2.82. The Hall–Kier alpha value is -0.420. The molecule has 0 radical (unpaired) electrons. The van der Waals surface area contributed by atoms with E-state index in [9.17, 15) is 0 Å². The van der Waals surface area contributed by atoms with Crippen LogP contribution in [0.3, 0.4) is 0 Å². The third-order valence-electron chi connectivity index (χ3n) is 4.06. The zero-order chi connectivity index (χ0) is 13.7. The van der Waals surface area contributed by atoms with Gasteiger partial charge in [-0.25, -0.2) is 0 Å². The number of hydrogen-bond donors (Lipinski definition) is 1. The maximum Gasteiger partial charge on any atom is 0.0377 e. The van der Waals surface area contributed by atoms with E-state index in [0.717, 1.165) is 13.0 Å². The molecule has 108 valence electrons. The van der Waals surface area contributed by atoms with Crippen molar-refractivity contribution in [3.05, 3.63) is 22.4 Å². The van der Waals surface area contributed by atoms with Gasteiger partial charge < -0.3 is 10.2 Å². The smallest absolute Gasteiger partial charge is 0.0377 e. The molecule has 19 heavy (non-hydrogen) atoms. The molecule has 1 aromatic rings. The molecule has 0 saturated carbocycles. The van der Waals surface area contributed by atoms with Crippen LogP contribution in [0.2, 0.25) is 0 Å². The maximum absolute atomic E-state index is 3.76. The first-order valence-electron chi connectivity index (χ1n) is 7.34. The Balaban J connectivity index is 2.02. The van der Waals surface area contributed by atoms with Crippen LogP contribution in [0.25, 0.3) is 0 Å². The highest BCUT2D eigenvalue weighted by Crippen LogP contribution is 2.16. The first kappa shape index (κ1) is 15.0. The van der Waals surface area contributed by atoms with Gasteiger partial charge in [0.2, 0.25) is 0 Å². The summed E-state index contributed by atoms with van der Waals surface area (Å²) in [6.07, 6.45) is 2.35. The number of thiophene rings is 1. The van der Waals surface area contributed by atoms with Crippen LogP contribution in [0.5, 0.6) is 0 Å². The fraction of sp³-hybridized carbons (Fsp3) is 0.733. The van der Waals surface area contributed by atoms with Gasteiger partial charge in [-0.05, 0) is 55.9 Å². The van der Waals surface area contributed by atoms with Gasteiger partial charge in [0, 0.05) is 31.7 Å². The highest BCUT2D eigenvalue weighted by atomic mass is 32.1. The second kappa shape index (κ2) is 7.39. The van der Waals surface area contributed by atoms with Gasteiger partial charge in [-0.15, -0.1) is 0 Å². The normalized spacial score (nSPS) is 23.6. The van der Waals surface area contributed by atoms with Crippen LogP contribution in [0.4, 0.5) is 0 Å². The summed E-state index contributed by atoms with van der Waals surface area (Å²) in [4.78, 5) is 4.98. The Morgan fingerprint density at radius 1 is 1.42 bits per heavy atom. The summed E-state index contributed by atoms with van der Waals surface area (Å²) in [5.74, 6) is 0. The number of rotatable bonds is 6. The van der Waals surface area contributed by atoms with Gasteiger partial charge in [0.15, 0.2) is 0 Å². The third kappa shape index (κ3) is 4.28. The molecule has 0 amide bonds. The van der Waals surface area contributed by atoms with Crippen molar-refractivity contribution in [2.75, 3.05) is 40.3 Å². The second-order valence-electron chi connectivity index (χ2n) is 5.71. The van der Waals surface area contributed by atoms with Gasteiger partial charge in [-0.1, -0.05) is 6.92 Å². The molecule has 1 aromatic heterocycles. The zero-order valence-corrected chi connectivity index (χ0v) is 13.2. The Bertz CT molecular complexity index is 352. The topological polar surface area (TPSA) is 18.5 Å². The van der Waals surface area contributed by atoms with Gasteiger partial charge in [0.05, 0.1) is 0 Å². The van der Waals surface area contributed by atoms with Gasteiger partial charge in [-0.2, -0.15) is 11.3 Å². The van der Waals surface area contributed by atoms with Crippen molar-refractivity contribution in [3.8, 4) is 0 Å². The van der Waals surface area contributed by atoms with E-state index in [1.54, 1.807) is 11.3 Å². The van der Waals surface area contributed by atoms with E-state index < -0.39 is 0 Å². The van der Waals surface area contributed by atoms with Crippen molar-refractivity contribution < 1.29 is 0 Å². The monoisotopic (exact) mass is 281 g/mol. The minimum absolute atomic E-state index is 0.558. The Kier molecular flexibility index (Phi) is 5.82. The summed E-state index contributed by atoms with van der Waals surface area (Å²) >= 11 is 1.80. The van der Waals surface area contributed by atoms with Crippen LogP contribution in [-0.2, 0) is 6.42 Å². The van der Waals surface area contributed by atoms with Crippen molar-refractivity contribution in [1.82, 2.24) is 15.1 Å². The fourth-order valence-corrected chi connectivity index (χ4v) is 3.50. The Morgan fingerprint density at radius 2 is 2.26 bits per heavy atom. The molecule has 4 heteroatoms. The van der Waals surface area contributed by atoms with Crippen LogP contribution in [0, 0.1) is 0 Å². The van der Waals surface area contributed by atoms with Crippen LogP contribution >= 0.6 is 11.3 Å². The Labute approximate surface area is 121 Å². The van der Waals surface area contributed by atoms with Crippen molar-refractivity contribution in [2.45, 2.75) is 31.8 Å². The van der Waals surface area contributed by atoms with E-state index in [0.29, 0.717) is 12.1 Å². The summed E-state index contributed by atoms with van der Waals surface area (Å²) < 4.78 is 0. The number of nitrogens with zero attached hydrogens (tertiary/aromatic N) is 2. The lowest BCUT2D eigenvalue weighted by molar-refractivity contribution is 0.0877. The summed E-state index contributed by atoms with van der Waals surface area (Å²) in [6, 6.07) is 3.44. The van der Waals surface area contributed by atoms with E-state index in [-0.39, 0.29) is 0 Å². The molecule has 2 unspecified atom stereocenters. The lowest BCUT2D eigenvalue weighted by Gasteiger charge is -2.42. The molecular formula is C15H27N3S. The van der Waals surface area contributed by atoms with Crippen LogP contribution in [0.1, 0.15) is 18.9 Å². The lowest BCUT2D eigenvalue weighted by atomic mass is 9.98. The van der Waals surface area contributed by atoms with Crippen molar-refractivity contribution in [2.24, 2.45) is 0 Å².